The van der Waals surface area contributed by atoms with E-state index in [-0.39, 0.29) is 22.3 Å². The van der Waals surface area contributed by atoms with Gasteiger partial charge in [-0.3, -0.25) is 13.9 Å². The summed E-state index contributed by atoms with van der Waals surface area (Å²) in [4.78, 5) is 27.5. The van der Waals surface area contributed by atoms with Crippen LogP contribution in [-0.2, 0) is 26.2 Å². The quantitative estimate of drug-likeness (QED) is 0.529. The van der Waals surface area contributed by atoms with Gasteiger partial charge in [-0.1, -0.05) is 29.3 Å². The van der Waals surface area contributed by atoms with Gasteiger partial charge in [-0.15, -0.1) is 0 Å². The zero-order valence-corrected chi connectivity index (χ0v) is 22.2. The SMILES string of the molecule is C[C@@H](C(=O)NC(C)(C)C)N(Cc1c(Cl)cccc1Cl)C(=O)CN(c1ccc(F)c(F)c1)S(C)(=O)=O. The number of hydrogen-bond donors (Lipinski definition) is 1. The van der Waals surface area contributed by atoms with Crippen LogP contribution >= 0.6 is 23.2 Å². The van der Waals surface area contributed by atoms with Crippen LogP contribution in [-0.4, -0.2) is 49.5 Å². The molecule has 0 heterocycles. The van der Waals surface area contributed by atoms with E-state index in [4.69, 9.17) is 23.2 Å². The minimum absolute atomic E-state index is 0.203. The second-order valence-electron chi connectivity index (χ2n) is 9.01. The number of halogens is 4. The molecular formula is C23H27Cl2F2N3O4S. The molecule has 0 aliphatic rings. The Morgan fingerprint density at radius 1 is 1.06 bits per heavy atom. The molecule has 0 fully saturated rings. The number of carbonyl (C=O) groups is 2. The lowest BCUT2D eigenvalue weighted by Crippen LogP contribution is -2.54. The molecule has 0 aromatic heterocycles. The van der Waals surface area contributed by atoms with Gasteiger partial charge in [0.2, 0.25) is 21.8 Å². The van der Waals surface area contributed by atoms with Crippen molar-refractivity contribution in [2.24, 2.45) is 0 Å². The number of rotatable bonds is 8. The van der Waals surface area contributed by atoms with Crippen LogP contribution in [0.2, 0.25) is 10.0 Å². The van der Waals surface area contributed by atoms with Gasteiger partial charge in [0, 0.05) is 33.8 Å². The van der Waals surface area contributed by atoms with E-state index < -0.39 is 51.6 Å². The summed E-state index contributed by atoms with van der Waals surface area (Å²) in [6.45, 7) is 5.80. The molecule has 0 radical (unpaired) electrons. The van der Waals surface area contributed by atoms with Crippen molar-refractivity contribution >= 4 is 50.7 Å². The van der Waals surface area contributed by atoms with Crippen molar-refractivity contribution in [2.45, 2.75) is 45.8 Å². The van der Waals surface area contributed by atoms with Gasteiger partial charge in [-0.05, 0) is 52.0 Å². The van der Waals surface area contributed by atoms with Gasteiger partial charge in [0.1, 0.15) is 12.6 Å². The average Bonchev–Trinajstić information content (AvgIpc) is 2.71. The van der Waals surface area contributed by atoms with Crippen LogP contribution < -0.4 is 9.62 Å². The maximum atomic E-state index is 13.8. The molecule has 7 nitrogen and oxygen atoms in total. The highest BCUT2D eigenvalue weighted by Crippen LogP contribution is 2.27. The van der Waals surface area contributed by atoms with Crippen LogP contribution in [0.1, 0.15) is 33.3 Å². The van der Waals surface area contributed by atoms with Gasteiger partial charge in [0.25, 0.3) is 0 Å². The third-order valence-corrected chi connectivity index (χ3v) is 6.77. The first-order valence-corrected chi connectivity index (χ1v) is 13.1. The van der Waals surface area contributed by atoms with Crippen molar-refractivity contribution < 1.29 is 26.8 Å². The smallest absolute Gasteiger partial charge is 0.244 e. The molecule has 1 atom stereocenters. The second kappa shape index (κ2) is 11.1. The zero-order valence-electron chi connectivity index (χ0n) is 19.9. The van der Waals surface area contributed by atoms with Gasteiger partial charge >= 0.3 is 0 Å². The molecule has 2 aromatic rings. The normalized spacial score (nSPS) is 12.7. The standard InChI is InChI=1S/C23H27Cl2F2N3O4S/c1-14(22(32)28-23(2,3)4)29(12-16-17(24)7-6-8-18(16)25)21(31)13-30(35(5,33)34)15-9-10-19(26)20(27)11-15/h6-11,14H,12-13H2,1-5H3,(H,28,32)/t14-/m0/s1. The highest BCUT2D eigenvalue weighted by atomic mass is 35.5. The number of carbonyl (C=O) groups excluding carboxylic acids is 2. The molecule has 0 bridgehead atoms. The molecule has 0 aliphatic carbocycles. The average molecular weight is 550 g/mol. The van der Waals surface area contributed by atoms with E-state index in [9.17, 15) is 26.8 Å². The van der Waals surface area contributed by atoms with E-state index in [2.05, 4.69) is 5.32 Å². The summed E-state index contributed by atoms with van der Waals surface area (Å²) < 4.78 is 52.8. The third-order valence-electron chi connectivity index (χ3n) is 4.93. The van der Waals surface area contributed by atoms with Crippen LogP contribution in [0.4, 0.5) is 14.5 Å². The van der Waals surface area contributed by atoms with E-state index in [1.54, 1.807) is 39.0 Å². The number of benzene rings is 2. The predicted octanol–water partition coefficient (Wildman–Crippen LogP) is 4.37. The lowest BCUT2D eigenvalue weighted by Gasteiger charge is -2.33. The number of nitrogens with one attached hydrogen (secondary N) is 1. The summed E-state index contributed by atoms with van der Waals surface area (Å²) in [5.41, 5.74) is -0.493. The Morgan fingerprint density at radius 3 is 2.11 bits per heavy atom. The molecule has 0 unspecified atom stereocenters. The van der Waals surface area contributed by atoms with Gasteiger partial charge in [0.05, 0.1) is 11.9 Å². The molecular weight excluding hydrogens is 523 g/mol. The van der Waals surface area contributed by atoms with Crippen LogP contribution in [0.15, 0.2) is 36.4 Å². The molecule has 0 saturated heterocycles. The highest BCUT2D eigenvalue weighted by Gasteiger charge is 2.32. The van der Waals surface area contributed by atoms with Crippen molar-refractivity contribution in [2.75, 3.05) is 17.1 Å². The van der Waals surface area contributed by atoms with Crippen molar-refractivity contribution in [3.8, 4) is 0 Å². The Kier molecular flexibility index (Phi) is 9.13. The van der Waals surface area contributed by atoms with Crippen LogP contribution in [0, 0.1) is 11.6 Å². The predicted molar refractivity (Wildman–Crippen MR) is 133 cm³/mol. The fraction of sp³-hybridized carbons (Fsp3) is 0.391. The fourth-order valence-electron chi connectivity index (χ4n) is 3.16. The second-order valence-corrected chi connectivity index (χ2v) is 11.7. The van der Waals surface area contributed by atoms with Crippen LogP contribution in [0.3, 0.4) is 0 Å². The van der Waals surface area contributed by atoms with Gasteiger partial charge in [-0.25, -0.2) is 17.2 Å². The number of anilines is 1. The molecule has 0 spiro atoms. The third kappa shape index (κ3) is 7.78. The van der Waals surface area contributed by atoms with Crippen molar-refractivity contribution in [1.29, 1.82) is 0 Å². The maximum Gasteiger partial charge on any atom is 0.244 e. The first-order valence-electron chi connectivity index (χ1n) is 10.5. The zero-order chi connectivity index (χ0) is 26.7. The molecule has 1 N–H and O–H groups in total. The minimum Gasteiger partial charge on any atom is -0.350 e. The van der Waals surface area contributed by atoms with E-state index in [0.717, 1.165) is 23.3 Å². The van der Waals surface area contributed by atoms with E-state index >= 15 is 0 Å². The molecule has 2 aromatic carbocycles. The topological polar surface area (TPSA) is 86.8 Å². The first kappa shape index (κ1) is 28.8. The number of amides is 2. The summed E-state index contributed by atoms with van der Waals surface area (Å²) in [5.74, 6) is -3.72. The molecule has 35 heavy (non-hydrogen) atoms. The largest absolute Gasteiger partial charge is 0.350 e. The van der Waals surface area contributed by atoms with Crippen molar-refractivity contribution in [3.63, 3.8) is 0 Å². The fourth-order valence-corrected chi connectivity index (χ4v) is 4.52. The minimum atomic E-state index is -4.10. The summed E-state index contributed by atoms with van der Waals surface area (Å²) in [6.07, 6.45) is 0.826. The summed E-state index contributed by atoms with van der Waals surface area (Å²) >= 11 is 12.5. The number of hydrogen-bond acceptors (Lipinski definition) is 4. The molecule has 192 valence electrons. The van der Waals surface area contributed by atoms with Crippen LogP contribution in [0.5, 0.6) is 0 Å². The molecule has 2 rings (SSSR count). The van der Waals surface area contributed by atoms with E-state index in [0.29, 0.717) is 15.9 Å². The highest BCUT2D eigenvalue weighted by molar-refractivity contribution is 7.92. The Labute approximate surface area is 214 Å². The Bertz CT molecular complexity index is 1200. The van der Waals surface area contributed by atoms with Gasteiger partial charge in [-0.2, -0.15) is 0 Å². The Hall–Kier alpha value is -2.43. The maximum absolute atomic E-state index is 13.8. The van der Waals surface area contributed by atoms with E-state index in [1.165, 1.54) is 6.92 Å². The van der Waals surface area contributed by atoms with Gasteiger partial charge < -0.3 is 10.2 Å². The summed E-state index contributed by atoms with van der Waals surface area (Å²) in [7, 11) is -4.10. The lowest BCUT2D eigenvalue weighted by molar-refractivity contribution is -0.140. The van der Waals surface area contributed by atoms with E-state index in [1.807, 2.05) is 0 Å². The summed E-state index contributed by atoms with van der Waals surface area (Å²) in [5, 5.41) is 3.28. The molecule has 2 amide bonds. The molecule has 0 saturated carbocycles. The van der Waals surface area contributed by atoms with Crippen molar-refractivity contribution in [3.05, 3.63) is 63.6 Å². The Balaban J connectivity index is 2.49. The number of nitrogens with zero attached hydrogens (tertiary/aromatic N) is 2. The number of sulfonamides is 1. The molecule has 0 aliphatic heterocycles. The Morgan fingerprint density at radius 2 is 1.63 bits per heavy atom. The first-order chi connectivity index (χ1) is 16.0. The lowest BCUT2D eigenvalue weighted by atomic mass is 10.1. The molecule has 12 heteroatoms. The van der Waals surface area contributed by atoms with Gasteiger partial charge in [0.15, 0.2) is 11.6 Å². The van der Waals surface area contributed by atoms with Crippen LogP contribution in [0.25, 0.3) is 0 Å². The summed E-state index contributed by atoms with van der Waals surface area (Å²) in [6, 6.07) is 6.16. The van der Waals surface area contributed by atoms with Crippen molar-refractivity contribution in [1.82, 2.24) is 10.2 Å². The monoisotopic (exact) mass is 549 g/mol.